The third-order valence-electron chi connectivity index (χ3n) is 5.04. The van der Waals surface area contributed by atoms with Crippen molar-refractivity contribution < 1.29 is 14.0 Å². The van der Waals surface area contributed by atoms with Gasteiger partial charge in [-0.25, -0.2) is 0 Å². The van der Waals surface area contributed by atoms with E-state index in [1.54, 1.807) is 36.6 Å². The average molecular weight is 410 g/mol. The Labute approximate surface area is 173 Å². The highest BCUT2D eigenvalue weighted by atomic mass is 32.1. The molecule has 1 aliphatic rings. The third kappa shape index (κ3) is 4.75. The molecule has 0 spiro atoms. The van der Waals surface area contributed by atoms with Gasteiger partial charge in [0.2, 0.25) is 0 Å². The second-order valence-corrected chi connectivity index (χ2v) is 7.94. The molecule has 3 aromatic rings. The number of carbonyl (C=O) groups excluding carboxylic acids is 2. The average Bonchev–Trinajstić information content (AvgIpc) is 3.51. The Morgan fingerprint density at radius 1 is 1.07 bits per heavy atom. The van der Waals surface area contributed by atoms with E-state index in [0.29, 0.717) is 22.7 Å². The Hall–Kier alpha value is -2.90. The van der Waals surface area contributed by atoms with Gasteiger partial charge in [0.1, 0.15) is 5.76 Å². The molecule has 1 unspecified atom stereocenters. The maximum absolute atomic E-state index is 12.7. The number of hydrogen-bond donors (Lipinski definition) is 2. The lowest BCUT2D eigenvalue weighted by atomic mass is 10.1. The van der Waals surface area contributed by atoms with E-state index in [2.05, 4.69) is 15.5 Å². The van der Waals surface area contributed by atoms with Crippen molar-refractivity contribution in [1.29, 1.82) is 0 Å². The zero-order valence-electron chi connectivity index (χ0n) is 16.0. The van der Waals surface area contributed by atoms with Gasteiger partial charge in [-0.3, -0.25) is 14.5 Å². The molecule has 2 aromatic heterocycles. The minimum atomic E-state index is -0.176. The number of nitrogens with one attached hydrogen (secondary N) is 2. The maximum atomic E-state index is 12.7. The summed E-state index contributed by atoms with van der Waals surface area (Å²) in [7, 11) is 0. The van der Waals surface area contributed by atoms with E-state index < -0.39 is 0 Å². The van der Waals surface area contributed by atoms with Crippen LogP contribution in [0.15, 0.2) is 64.6 Å². The molecule has 1 saturated heterocycles. The van der Waals surface area contributed by atoms with Gasteiger partial charge in [0.05, 0.1) is 17.2 Å². The molecule has 1 aliphatic heterocycles. The van der Waals surface area contributed by atoms with Crippen LogP contribution in [0.25, 0.3) is 0 Å². The summed E-state index contributed by atoms with van der Waals surface area (Å²) in [4.78, 5) is 27.9. The number of anilines is 1. The highest BCUT2D eigenvalue weighted by molar-refractivity contribution is 7.12. The number of furan rings is 1. The van der Waals surface area contributed by atoms with Crippen molar-refractivity contribution in [2.24, 2.45) is 0 Å². The van der Waals surface area contributed by atoms with Gasteiger partial charge in [-0.2, -0.15) is 0 Å². The van der Waals surface area contributed by atoms with Crippen LogP contribution in [-0.2, 0) is 0 Å². The van der Waals surface area contributed by atoms with Crippen molar-refractivity contribution >= 4 is 28.8 Å². The summed E-state index contributed by atoms with van der Waals surface area (Å²) in [5.41, 5.74) is 1.10. The summed E-state index contributed by atoms with van der Waals surface area (Å²) in [5, 5.41) is 7.72. The Morgan fingerprint density at radius 3 is 2.66 bits per heavy atom. The van der Waals surface area contributed by atoms with Crippen LogP contribution in [0.2, 0.25) is 0 Å². The number of hydrogen-bond acceptors (Lipinski definition) is 5. The maximum Gasteiger partial charge on any atom is 0.265 e. The van der Waals surface area contributed by atoms with Crippen LogP contribution in [-0.4, -0.2) is 36.3 Å². The Balaban J connectivity index is 1.40. The first kappa shape index (κ1) is 19.4. The molecule has 0 bridgehead atoms. The normalized spacial score (nSPS) is 15.2. The van der Waals surface area contributed by atoms with Gasteiger partial charge >= 0.3 is 0 Å². The van der Waals surface area contributed by atoms with E-state index in [4.69, 9.17) is 4.42 Å². The van der Waals surface area contributed by atoms with Crippen LogP contribution in [0.1, 0.15) is 44.7 Å². The number of likely N-dealkylation sites (tertiary alicyclic amines) is 1. The predicted octanol–water partition coefficient (Wildman–Crippen LogP) is 4.16. The molecule has 0 radical (unpaired) electrons. The van der Waals surface area contributed by atoms with Crippen LogP contribution >= 0.6 is 11.3 Å². The van der Waals surface area contributed by atoms with E-state index in [-0.39, 0.29) is 17.9 Å². The SMILES string of the molecule is O=C(NCC(c1ccco1)N1CCCC1)c1cccc(NC(=O)c2cccs2)c1. The van der Waals surface area contributed by atoms with Crippen LogP contribution in [0.4, 0.5) is 5.69 Å². The number of benzene rings is 1. The van der Waals surface area contributed by atoms with Gasteiger partial charge in [0, 0.05) is 17.8 Å². The lowest BCUT2D eigenvalue weighted by molar-refractivity contribution is 0.0932. The van der Waals surface area contributed by atoms with E-state index in [9.17, 15) is 9.59 Å². The number of amides is 2. The van der Waals surface area contributed by atoms with Crippen molar-refractivity contribution in [3.05, 3.63) is 76.4 Å². The summed E-state index contributed by atoms with van der Waals surface area (Å²) in [5.74, 6) is 0.515. The molecule has 29 heavy (non-hydrogen) atoms. The monoisotopic (exact) mass is 409 g/mol. The topological polar surface area (TPSA) is 74.6 Å². The minimum Gasteiger partial charge on any atom is -0.468 e. The van der Waals surface area contributed by atoms with Gasteiger partial charge in [-0.1, -0.05) is 12.1 Å². The molecule has 1 atom stereocenters. The molecule has 0 aliphatic carbocycles. The zero-order valence-corrected chi connectivity index (χ0v) is 16.8. The lowest BCUT2D eigenvalue weighted by Gasteiger charge is -2.26. The fourth-order valence-corrected chi connectivity index (χ4v) is 4.19. The minimum absolute atomic E-state index is 0.0261. The molecule has 3 heterocycles. The van der Waals surface area contributed by atoms with Gasteiger partial charge < -0.3 is 15.1 Å². The van der Waals surface area contributed by atoms with E-state index >= 15 is 0 Å². The largest absolute Gasteiger partial charge is 0.468 e. The Kier molecular flexibility index (Phi) is 6.07. The van der Waals surface area contributed by atoms with Crippen LogP contribution in [0.3, 0.4) is 0 Å². The first-order valence-corrected chi connectivity index (χ1v) is 10.6. The van der Waals surface area contributed by atoms with E-state index in [0.717, 1.165) is 31.7 Å². The Morgan fingerprint density at radius 2 is 1.93 bits per heavy atom. The van der Waals surface area contributed by atoms with E-state index in [1.165, 1.54) is 11.3 Å². The molecule has 1 aromatic carbocycles. The van der Waals surface area contributed by atoms with E-state index in [1.807, 2.05) is 23.6 Å². The summed E-state index contributed by atoms with van der Waals surface area (Å²) < 4.78 is 5.60. The second kappa shape index (κ2) is 9.07. The smallest absolute Gasteiger partial charge is 0.265 e. The van der Waals surface area contributed by atoms with Crippen molar-refractivity contribution in [3.8, 4) is 0 Å². The van der Waals surface area contributed by atoms with Gasteiger partial charge in [-0.15, -0.1) is 11.3 Å². The zero-order chi connectivity index (χ0) is 20.1. The number of rotatable bonds is 7. The number of carbonyl (C=O) groups is 2. The fourth-order valence-electron chi connectivity index (χ4n) is 3.57. The summed E-state index contributed by atoms with van der Waals surface area (Å²) >= 11 is 1.38. The number of thiophene rings is 1. The summed E-state index contributed by atoms with van der Waals surface area (Å²) in [6.45, 7) is 2.48. The predicted molar refractivity (Wildman–Crippen MR) is 113 cm³/mol. The molecular weight excluding hydrogens is 386 g/mol. The summed E-state index contributed by atoms with van der Waals surface area (Å²) in [6, 6.07) is 14.4. The van der Waals surface area contributed by atoms with Gasteiger partial charge in [-0.05, 0) is 67.7 Å². The fraction of sp³-hybridized carbons (Fsp3) is 0.273. The molecule has 4 rings (SSSR count). The first-order valence-electron chi connectivity index (χ1n) is 9.71. The molecular formula is C22H23N3O3S. The lowest BCUT2D eigenvalue weighted by Crippen LogP contribution is -2.36. The number of nitrogens with zero attached hydrogens (tertiary/aromatic N) is 1. The quantitative estimate of drug-likeness (QED) is 0.614. The molecule has 150 valence electrons. The van der Waals surface area contributed by atoms with Crippen molar-refractivity contribution in [1.82, 2.24) is 10.2 Å². The Bertz CT molecular complexity index is 948. The third-order valence-corrected chi connectivity index (χ3v) is 5.91. The molecule has 0 saturated carbocycles. The molecule has 2 N–H and O–H groups in total. The van der Waals surface area contributed by atoms with Crippen LogP contribution < -0.4 is 10.6 Å². The van der Waals surface area contributed by atoms with Crippen molar-refractivity contribution in [3.63, 3.8) is 0 Å². The molecule has 7 heteroatoms. The van der Waals surface area contributed by atoms with Crippen molar-refractivity contribution in [2.45, 2.75) is 18.9 Å². The molecule has 2 amide bonds. The standard InChI is InChI=1S/C22H23N3O3S/c26-21(23-15-18(19-8-4-12-28-19)25-10-1-2-11-25)16-6-3-7-17(14-16)24-22(27)20-9-5-13-29-20/h3-9,12-14,18H,1-2,10-11,15H2,(H,23,26)(H,24,27). The highest BCUT2D eigenvalue weighted by Gasteiger charge is 2.26. The first-order chi connectivity index (χ1) is 14.2. The highest BCUT2D eigenvalue weighted by Crippen LogP contribution is 2.25. The van der Waals surface area contributed by atoms with Crippen molar-refractivity contribution in [2.75, 3.05) is 25.0 Å². The second-order valence-electron chi connectivity index (χ2n) is 7.00. The van der Waals surface area contributed by atoms with Crippen LogP contribution in [0.5, 0.6) is 0 Å². The van der Waals surface area contributed by atoms with Gasteiger partial charge in [0.15, 0.2) is 0 Å². The van der Waals surface area contributed by atoms with Gasteiger partial charge in [0.25, 0.3) is 11.8 Å². The summed E-state index contributed by atoms with van der Waals surface area (Å²) in [6.07, 6.45) is 3.99. The van der Waals surface area contributed by atoms with Crippen LogP contribution in [0, 0.1) is 0 Å². The molecule has 6 nitrogen and oxygen atoms in total. The molecule has 1 fully saturated rings.